The number of nitrogens with zero attached hydrogens (tertiary/aromatic N) is 2. The van der Waals surface area contributed by atoms with Crippen LogP contribution in [0.3, 0.4) is 0 Å². The minimum atomic E-state index is -0.119. The first-order valence-electron chi connectivity index (χ1n) is 7.07. The second kappa shape index (κ2) is 6.07. The number of aliphatic hydroxyl groups excluding tert-OH is 1. The van der Waals surface area contributed by atoms with Crippen molar-refractivity contribution in [2.45, 2.75) is 65.0 Å². The zero-order valence-corrected chi connectivity index (χ0v) is 12.1. The van der Waals surface area contributed by atoms with E-state index in [0.717, 1.165) is 55.1 Å². The summed E-state index contributed by atoms with van der Waals surface area (Å²) in [6.07, 6.45) is 5.91. The highest BCUT2D eigenvalue weighted by molar-refractivity contribution is 6.31. The number of halogens is 1. The number of aromatic nitrogens is 2. The first-order chi connectivity index (χ1) is 8.65. The smallest absolute Gasteiger partial charge is 0.0849 e. The van der Waals surface area contributed by atoms with E-state index in [-0.39, 0.29) is 6.10 Å². The molecule has 4 heteroatoms. The Morgan fingerprint density at radius 3 is 2.78 bits per heavy atom. The lowest BCUT2D eigenvalue weighted by Crippen LogP contribution is -2.22. The first-order valence-corrected chi connectivity index (χ1v) is 7.45. The Labute approximate surface area is 114 Å². The average Bonchev–Trinajstić information content (AvgIpc) is 2.66. The quantitative estimate of drug-likeness (QED) is 0.912. The molecule has 1 heterocycles. The van der Waals surface area contributed by atoms with Gasteiger partial charge in [0.15, 0.2) is 0 Å². The Hall–Kier alpha value is -0.540. The highest BCUT2D eigenvalue weighted by Crippen LogP contribution is 2.31. The SMILES string of the molecule is CCc1nn(CC)c(CC2CCCC(O)C2)c1Cl. The first kappa shape index (κ1) is 13.9. The highest BCUT2D eigenvalue weighted by Gasteiger charge is 2.24. The van der Waals surface area contributed by atoms with Crippen LogP contribution in [0.1, 0.15) is 50.9 Å². The second-order valence-electron chi connectivity index (χ2n) is 5.27. The normalized spacial score (nSPS) is 24.4. The van der Waals surface area contributed by atoms with Gasteiger partial charge >= 0.3 is 0 Å². The van der Waals surface area contributed by atoms with Crippen LogP contribution in [0.15, 0.2) is 0 Å². The number of aryl methyl sites for hydroxylation is 2. The highest BCUT2D eigenvalue weighted by atomic mass is 35.5. The number of aliphatic hydroxyl groups is 1. The standard InChI is InChI=1S/C14H23ClN2O/c1-3-12-14(15)13(17(4-2)16-12)9-10-6-5-7-11(18)8-10/h10-11,18H,3-9H2,1-2H3. The van der Waals surface area contributed by atoms with Crippen LogP contribution in [0.5, 0.6) is 0 Å². The largest absolute Gasteiger partial charge is 0.393 e. The summed E-state index contributed by atoms with van der Waals surface area (Å²) in [6.45, 7) is 5.05. The van der Waals surface area contributed by atoms with Gasteiger partial charge in [0, 0.05) is 6.54 Å². The van der Waals surface area contributed by atoms with Gasteiger partial charge in [-0.2, -0.15) is 5.10 Å². The Balaban J connectivity index is 2.14. The maximum atomic E-state index is 9.75. The van der Waals surface area contributed by atoms with E-state index in [1.807, 2.05) is 4.68 Å². The minimum absolute atomic E-state index is 0.119. The molecule has 0 amide bonds. The molecule has 102 valence electrons. The van der Waals surface area contributed by atoms with Crippen LogP contribution in [0.2, 0.25) is 5.02 Å². The topological polar surface area (TPSA) is 38.0 Å². The molecule has 0 aliphatic heterocycles. The van der Waals surface area contributed by atoms with Crippen molar-refractivity contribution in [3.05, 3.63) is 16.4 Å². The van der Waals surface area contributed by atoms with Crippen LogP contribution in [0.4, 0.5) is 0 Å². The van der Waals surface area contributed by atoms with Crippen LogP contribution in [0.25, 0.3) is 0 Å². The van der Waals surface area contributed by atoms with Crippen LogP contribution in [-0.2, 0) is 19.4 Å². The third-order valence-corrected chi connectivity index (χ3v) is 4.37. The summed E-state index contributed by atoms with van der Waals surface area (Å²) in [5.41, 5.74) is 2.17. The predicted molar refractivity (Wildman–Crippen MR) is 74.0 cm³/mol. The van der Waals surface area contributed by atoms with Gasteiger partial charge in [0.2, 0.25) is 0 Å². The lowest BCUT2D eigenvalue weighted by Gasteiger charge is -2.26. The molecule has 2 atom stereocenters. The molecule has 0 saturated heterocycles. The third kappa shape index (κ3) is 2.89. The van der Waals surface area contributed by atoms with Gasteiger partial charge in [-0.3, -0.25) is 4.68 Å². The number of rotatable bonds is 4. The summed E-state index contributed by atoms with van der Waals surface area (Å²) >= 11 is 6.42. The maximum Gasteiger partial charge on any atom is 0.0849 e. The van der Waals surface area contributed by atoms with Crippen LogP contribution < -0.4 is 0 Å². The number of hydrogen-bond acceptors (Lipinski definition) is 2. The molecule has 18 heavy (non-hydrogen) atoms. The van der Waals surface area contributed by atoms with Crippen molar-refractivity contribution in [3.63, 3.8) is 0 Å². The predicted octanol–water partition coefficient (Wildman–Crippen LogP) is 3.21. The molecule has 1 fully saturated rings. The van der Waals surface area contributed by atoms with E-state index in [2.05, 4.69) is 18.9 Å². The molecule has 3 nitrogen and oxygen atoms in total. The summed E-state index contributed by atoms with van der Waals surface area (Å²) in [5.74, 6) is 0.554. The average molecular weight is 271 g/mol. The fourth-order valence-electron chi connectivity index (χ4n) is 2.93. The van der Waals surface area contributed by atoms with Gasteiger partial charge in [-0.25, -0.2) is 0 Å². The van der Waals surface area contributed by atoms with E-state index in [4.69, 9.17) is 11.6 Å². The van der Waals surface area contributed by atoms with E-state index in [1.54, 1.807) is 0 Å². The molecule has 1 aromatic rings. The van der Waals surface area contributed by atoms with Gasteiger partial charge in [0.05, 0.1) is 22.5 Å². The molecular weight excluding hydrogens is 248 g/mol. The zero-order valence-electron chi connectivity index (χ0n) is 11.3. The molecule has 1 saturated carbocycles. The minimum Gasteiger partial charge on any atom is -0.393 e. The van der Waals surface area contributed by atoms with Crippen LogP contribution in [-0.4, -0.2) is 21.0 Å². The zero-order chi connectivity index (χ0) is 13.1. The Morgan fingerprint density at radius 2 is 2.17 bits per heavy atom. The second-order valence-corrected chi connectivity index (χ2v) is 5.65. The van der Waals surface area contributed by atoms with E-state index in [9.17, 15) is 5.11 Å². The Morgan fingerprint density at radius 1 is 1.39 bits per heavy atom. The third-order valence-electron chi connectivity index (χ3n) is 3.93. The van der Waals surface area contributed by atoms with Crippen LogP contribution >= 0.6 is 11.6 Å². The van der Waals surface area contributed by atoms with Gasteiger partial charge in [-0.15, -0.1) is 0 Å². The molecule has 0 aromatic carbocycles. The summed E-state index contributed by atoms with van der Waals surface area (Å²) in [6, 6.07) is 0. The summed E-state index contributed by atoms with van der Waals surface area (Å²) < 4.78 is 2.03. The fourth-order valence-corrected chi connectivity index (χ4v) is 3.28. The molecule has 1 aromatic heterocycles. The Bertz CT molecular complexity index is 403. The van der Waals surface area contributed by atoms with Crippen molar-refractivity contribution in [1.29, 1.82) is 0 Å². The van der Waals surface area contributed by atoms with Crippen molar-refractivity contribution in [3.8, 4) is 0 Å². The Kier molecular flexibility index (Phi) is 4.68. The van der Waals surface area contributed by atoms with Gasteiger partial charge in [-0.05, 0) is 44.9 Å². The number of hydrogen-bond donors (Lipinski definition) is 1. The van der Waals surface area contributed by atoms with E-state index < -0.39 is 0 Å². The van der Waals surface area contributed by atoms with Crippen LogP contribution in [0, 0.1) is 5.92 Å². The van der Waals surface area contributed by atoms with Gasteiger partial charge in [0.1, 0.15) is 0 Å². The van der Waals surface area contributed by atoms with E-state index >= 15 is 0 Å². The van der Waals surface area contributed by atoms with Crippen molar-refractivity contribution in [2.75, 3.05) is 0 Å². The van der Waals surface area contributed by atoms with Crippen molar-refractivity contribution in [1.82, 2.24) is 9.78 Å². The van der Waals surface area contributed by atoms with E-state index in [1.165, 1.54) is 6.42 Å². The van der Waals surface area contributed by atoms with Crippen molar-refractivity contribution < 1.29 is 5.11 Å². The summed E-state index contributed by atoms with van der Waals surface area (Å²) in [5, 5.41) is 15.1. The van der Waals surface area contributed by atoms with E-state index in [0.29, 0.717) is 5.92 Å². The molecule has 2 unspecified atom stereocenters. The molecular formula is C14H23ClN2O. The lowest BCUT2D eigenvalue weighted by molar-refractivity contribution is 0.100. The maximum absolute atomic E-state index is 9.75. The van der Waals surface area contributed by atoms with Crippen molar-refractivity contribution in [2.24, 2.45) is 5.92 Å². The summed E-state index contributed by atoms with van der Waals surface area (Å²) in [7, 11) is 0. The molecule has 0 radical (unpaired) electrons. The monoisotopic (exact) mass is 270 g/mol. The molecule has 2 rings (SSSR count). The molecule has 0 bridgehead atoms. The fraction of sp³-hybridized carbons (Fsp3) is 0.786. The van der Waals surface area contributed by atoms with Gasteiger partial charge < -0.3 is 5.11 Å². The molecule has 0 spiro atoms. The van der Waals surface area contributed by atoms with Crippen molar-refractivity contribution >= 4 is 11.6 Å². The van der Waals surface area contributed by atoms with Gasteiger partial charge in [-0.1, -0.05) is 24.9 Å². The molecule has 1 N–H and O–H groups in total. The molecule has 1 aliphatic carbocycles. The summed E-state index contributed by atoms with van der Waals surface area (Å²) in [4.78, 5) is 0. The van der Waals surface area contributed by atoms with Gasteiger partial charge in [0.25, 0.3) is 0 Å². The molecule has 1 aliphatic rings. The lowest BCUT2D eigenvalue weighted by atomic mass is 9.84.